The number of hydrogen-bond donors (Lipinski definition) is 2. The van der Waals surface area contributed by atoms with Crippen LogP contribution in [0.15, 0.2) is 78.0 Å². The molecule has 2 aromatic carbocycles. The minimum absolute atomic E-state index is 0.246. The summed E-state index contributed by atoms with van der Waals surface area (Å²) in [6, 6.07) is 16.2. The zero-order valence-corrected chi connectivity index (χ0v) is 16.1. The second-order valence-corrected chi connectivity index (χ2v) is 7.04. The van der Waals surface area contributed by atoms with Gasteiger partial charge in [0.2, 0.25) is 0 Å². The highest BCUT2D eigenvalue weighted by Gasteiger charge is 2.14. The summed E-state index contributed by atoms with van der Waals surface area (Å²) in [7, 11) is 0. The van der Waals surface area contributed by atoms with E-state index in [-0.39, 0.29) is 11.8 Å². The molecular weight excluding hydrogens is 386 g/mol. The Kier molecular flexibility index (Phi) is 5.44. The van der Waals surface area contributed by atoms with Gasteiger partial charge in [0.15, 0.2) is 0 Å². The highest BCUT2D eigenvalue weighted by molar-refractivity contribution is 7.08. The predicted octanol–water partition coefficient (Wildman–Crippen LogP) is 3.89. The predicted molar refractivity (Wildman–Crippen MR) is 112 cm³/mol. The summed E-state index contributed by atoms with van der Waals surface area (Å²) in [4.78, 5) is 29.0. The zero-order valence-electron chi connectivity index (χ0n) is 15.3. The fourth-order valence-electron chi connectivity index (χ4n) is 2.77. The van der Waals surface area contributed by atoms with Crippen LogP contribution in [0.1, 0.15) is 26.3 Å². The van der Waals surface area contributed by atoms with Gasteiger partial charge in [0, 0.05) is 11.1 Å². The van der Waals surface area contributed by atoms with Crippen LogP contribution in [0.25, 0.3) is 0 Å². The summed E-state index contributed by atoms with van der Waals surface area (Å²) in [5.74, 6) is -0.542. The molecule has 0 fully saturated rings. The number of carbonyl (C=O) groups is 2. The van der Waals surface area contributed by atoms with Crippen LogP contribution in [0, 0.1) is 0 Å². The number of rotatable bonds is 6. The molecule has 0 atom stereocenters. The van der Waals surface area contributed by atoms with E-state index in [1.807, 2.05) is 29.6 Å². The zero-order chi connectivity index (χ0) is 20.1. The van der Waals surface area contributed by atoms with Gasteiger partial charge in [-0.2, -0.15) is 16.4 Å². The fourth-order valence-corrected chi connectivity index (χ4v) is 3.41. The third-order valence-electron chi connectivity index (χ3n) is 4.23. The first-order valence-corrected chi connectivity index (χ1v) is 9.78. The Bertz CT molecular complexity index is 1110. The van der Waals surface area contributed by atoms with Gasteiger partial charge >= 0.3 is 0 Å². The second-order valence-electron chi connectivity index (χ2n) is 6.26. The number of para-hydroxylation sites is 1. The van der Waals surface area contributed by atoms with Crippen LogP contribution in [-0.2, 0) is 6.54 Å². The summed E-state index contributed by atoms with van der Waals surface area (Å²) in [5, 5.41) is 13.3. The van der Waals surface area contributed by atoms with Crippen LogP contribution in [0.3, 0.4) is 0 Å². The van der Waals surface area contributed by atoms with E-state index in [0.717, 1.165) is 5.56 Å². The molecule has 2 amide bonds. The normalized spacial score (nSPS) is 10.5. The minimum Gasteiger partial charge on any atom is -0.322 e. The molecule has 4 rings (SSSR count). The Morgan fingerprint density at radius 3 is 2.52 bits per heavy atom. The quantitative estimate of drug-likeness (QED) is 0.511. The maximum atomic E-state index is 12.8. The Morgan fingerprint density at radius 2 is 1.79 bits per heavy atom. The highest BCUT2D eigenvalue weighted by atomic mass is 32.1. The average molecular weight is 403 g/mol. The Labute approximate surface area is 171 Å². The number of hydrogen-bond acceptors (Lipinski definition) is 5. The largest absolute Gasteiger partial charge is 0.322 e. The molecule has 2 N–H and O–H groups in total. The molecule has 8 heteroatoms. The third kappa shape index (κ3) is 4.56. The van der Waals surface area contributed by atoms with Crippen LogP contribution < -0.4 is 10.6 Å². The van der Waals surface area contributed by atoms with E-state index in [2.05, 4.69) is 20.7 Å². The highest BCUT2D eigenvalue weighted by Crippen LogP contribution is 2.19. The molecule has 2 heterocycles. The van der Waals surface area contributed by atoms with E-state index >= 15 is 0 Å². The molecule has 4 aromatic rings. The average Bonchev–Trinajstić information content (AvgIpc) is 3.44. The third-order valence-corrected chi connectivity index (χ3v) is 4.91. The first-order chi connectivity index (χ1) is 14.2. The maximum absolute atomic E-state index is 12.8. The number of benzene rings is 2. The summed E-state index contributed by atoms with van der Waals surface area (Å²) >= 11 is 1.44. The molecule has 0 radical (unpaired) electrons. The van der Waals surface area contributed by atoms with Crippen LogP contribution in [-0.4, -0.2) is 26.6 Å². The molecule has 0 saturated carbocycles. The van der Waals surface area contributed by atoms with Gasteiger partial charge in [0.1, 0.15) is 12.7 Å². The number of aromatic nitrogens is 3. The fraction of sp³-hybridized carbons (Fsp3) is 0.0476. The first-order valence-electron chi connectivity index (χ1n) is 8.84. The van der Waals surface area contributed by atoms with Crippen molar-refractivity contribution < 1.29 is 9.59 Å². The number of nitrogens with zero attached hydrogens (tertiary/aromatic N) is 3. The molecule has 0 aliphatic heterocycles. The van der Waals surface area contributed by atoms with E-state index in [9.17, 15) is 9.59 Å². The van der Waals surface area contributed by atoms with Crippen molar-refractivity contribution >= 4 is 34.5 Å². The Morgan fingerprint density at radius 1 is 0.966 bits per heavy atom. The van der Waals surface area contributed by atoms with Gasteiger partial charge in [0.25, 0.3) is 11.8 Å². The lowest BCUT2D eigenvalue weighted by Gasteiger charge is -2.11. The molecule has 0 spiro atoms. The molecule has 0 aliphatic carbocycles. The summed E-state index contributed by atoms with van der Waals surface area (Å²) in [5.41, 5.74) is 3.12. The van der Waals surface area contributed by atoms with Crippen LogP contribution in [0.4, 0.5) is 11.4 Å². The van der Waals surface area contributed by atoms with Gasteiger partial charge in [0.05, 0.1) is 23.4 Å². The van der Waals surface area contributed by atoms with E-state index in [0.29, 0.717) is 29.0 Å². The Hall–Kier alpha value is -3.78. The van der Waals surface area contributed by atoms with Gasteiger partial charge in [-0.25, -0.2) is 9.67 Å². The van der Waals surface area contributed by atoms with E-state index in [4.69, 9.17) is 0 Å². The smallest absolute Gasteiger partial charge is 0.257 e. The summed E-state index contributed by atoms with van der Waals surface area (Å²) in [6.45, 7) is 0.603. The van der Waals surface area contributed by atoms with Crippen LogP contribution >= 0.6 is 11.3 Å². The molecule has 0 unspecified atom stereocenters. The van der Waals surface area contributed by atoms with Crippen molar-refractivity contribution in [3.63, 3.8) is 0 Å². The molecule has 0 aliphatic rings. The number of amides is 2. The van der Waals surface area contributed by atoms with Crippen molar-refractivity contribution in [2.75, 3.05) is 10.6 Å². The minimum atomic E-state index is -0.296. The van der Waals surface area contributed by atoms with Gasteiger partial charge < -0.3 is 10.6 Å². The van der Waals surface area contributed by atoms with Crippen LogP contribution in [0.5, 0.6) is 0 Å². The number of nitrogens with one attached hydrogen (secondary N) is 2. The lowest BCUT2D eigenvalue weighted by molar-refractivity contribution is 0.102. The molecule has 0 bridgehead atoms. The van der Waals surface area contributed by atoms with Gasteiger partial charge in [-0.15, -0.1) is 0 Å². The summed E-state index contributed by atoms with van der Waals surface area (Å²) < 4.78 is 1.72. The van der Waals surface area contributed by atoms with Gasteiger partial charge in [-0.1, -0.05) is 24.3 Å². The van der Waals surface area contributed by atoms with Crippen molar-refractivity contribution in [3.05, 3.63) is 94.7 Å². The molecule has 7 nitrogen and oxygen atoms in total. The maximum Gasteiger partial charge on any atom is 0.257 e. The lowest BCUT2D eigenvalue weighted by atomic mass is 10.1. The van der Waals surface area contributed by atoms with Crippen molar-refractivity contribution in [1.82, 2.24) is 14.8 Å². The standard InChI is InChI=1S/C21H17N5O2S/c27-20(16-9-10-29-12-16)25-19-4-2-1-3-18(19)21(28)24-17-7-5-15(6-8-17)11-26-14-22-13-23-26/h1-10,12-14H,11H2,(H,24,28)(H,25,27). The molecule has 0 saturated heterocycles. The second kappa shape index (κ2) is 8.49. The van der Waals surface area contributed by atoms with Crippen molar-refractivity contribution in [2.24, 2.45) is 0 Å². The SMILES string of the molecule is O=C(Nc1ccccc1C(=O)Nc1ccc(Cn2cncn2)cc1)c1ccsc1. The molecule has 2 aromatic heterocycles. The van der Waals surface area contributed by atoms with Gasteiger partial charge in [-0.3, -0.25) is 9.59 Å². The van der Waals surface area contributed by atoms with Crippen LogP contribution in [0.2, 0.25) is 0 Å². The van der Waals surface area contributed by atoms with Crippen molar-refractivity contribution in [3.8, 4) is 0 Å². The molecule has 29 heavy (non-hydrogen) atoms. The van der Waals surface area contributed by atoms with Crippen molar-refractivity contribution in [2.45, 2.75) is 6.54 Å². The number of carbonyl (C=O) groups excluding carboxylic acids is 2. The van der Waals surface area contributed by atoms with Gasteiger partial charge in [-0.05, 0) is 41.3 Å². The monoisotopic (exact) mass is 403 g/mol. The molecular formula is C21H17N5O2S. The number of thiophene rings is 1. The van der Waals surface area contributed by atoms with E-state index in [1.54, 1.807) is 46.7 Å². The van der Waals surface area contributed by atoms with E-state index < -0.39 is 0 Å². The molecule has 144 valence electrons. The van der Waals surface area contributed by atoms with Crippen molar-refractivity contribution in [1.29, 1.82) is 0 Å². The topological polar surface area (TPSA) is 88.9 Å². The number of anilines is 2. The van der Waals surface area contributed by atoms with E-state index in [1.165, 1.54) is 17.7 Å². The first kappa shape index (κ1) is 18.6. The lowest BCUT2D eigenvalue weighted by Crippen LogP contribution is -2.18. The summed E-state index contributed by atoms with van der Waals surface area (Å²) in [6.07, 6.45) is 3.14. The Balaban J connectivity index is 1.45.